The molecular weight excluding hydrogens is 337 g/mol. The fraction of sp³-hybridized carbons (Fsp3) is 0.474. The molecule has 1 aromatic heterocycles. The normalized spacial score (nSPS) is 15.2. The van der Waals surface area contributed by atoms with Crippen molar-refractivity contribution in [3.63, 3.8) is 0 Å². The van der Waals surface area contributed by atoms with Gasteiger partial charge in [0.2, 0.25) is 5.91 Å². The van der Waals surface area contributed by atoms with E-state index in [0.29, 0.717) is 19.4 Å². The summed E-state index contributed by atoms with van der Waals surface area (Å²) in [5.74, 6) is -0.256. The summed E-state index contributed by atoms with van der Waals surface area (Å²) < 4.78 is 12.9. The summed E-state index contributed by atoms with van der Waals surface area (Å²) in [6.07, 6.45) is 4.89. The van der Waals surface area contributed by atoms with Gasteiger partial charge in [-0.15, -0.1) is 11.3 Å². The van der Waals surface area contributed by atoms with Crippen LogP contribution in [0.3, 0.4) is 0 Å². The molecule has 1 N–H and O–H groups in total. The molecule has 2 aromatic rings. The third kappa shape index (κ3) is 5.90. The fourth-order valence-corrected chi connectivity index (χ4v) is 3.87. The van der Waals surface area contributed by atoms with E-state index in [0.717, 1.165) is 35.9 Å². The zero-order chi connectivity index (χ0) is 17.5. The fourth-order valence-electron chi connectivity index (χ4n) is 3.04. The van der Waals surface area contributed by atoms with Crippen LogP contribution in [0.15, 0.2) is 29.6 Å². The lowest BCUT2D eigenvalue weighted by Crippen LogP contribution is -2.29. The lowest BCUT2D eigenvalue weighted by molar-refractivity contribution is -0.120. The minimum Gasteiger partial charge on any atom is -0.355 e. The Morgan fingerprint density at radius 3 is 2.72 bits per heavy atom. The van der Waals surface area contributed by atoms with Crippen LogP contribution >= 0.6 is 11.3 Å². The topological polar surface area (TPSA) is 45.2 Å². The van der Waals surface area contributed by atoms with Crippen molar-refractivity contribution < 1.29 is 9.18 Å². The van der Waals surface area contributed by atoms with Gasteiger partial charge in [-0.05, 0) is 50.0 Å². The summed E-state index contributed by atoms with van der Waals surface area (Å²) in [7, 11) is 0. The van der Waals surface area contributed by atoms with Gasteiger partial charge in [0.25, 0.3) is 0 Å². The molecule has 0 saturated carbocycles. The van der Waals surface area contributed by atoms with Crippen LogP contribution in [0, 0.1) is 5.82 Å². The number of aromatic nitrogens is 1. The van der Waals surface area contributed by atoms with Crippen LogP contribution < -0.4 is 5.32 Å². The number of carbonyl (C=O) groups is 1. The molecule has 0 radical (unpaired) electrons. The van der Waals surface area contributed by atoms with Crippen molar-refractivity contribution in [2.24, 2.45) is 0 Å². The summed E-state index contributed by atoms with van der Waals surface area (Å²) in [5.41, 5.74) is 1.86. The molecule has 1 saturated heterocycles. The van der Waals surface area contributed by atoms with E-state index in [-0.39, 0.29) is 11.7 Å². The van der Waals surface area contributed by atoms with Gasteiger partial charge in [0, 0.05) is 11.9 Å². The summed E-state index contributed by atoms with van der Waals surface area (Å²) in [5, 5.41) is 5.98. The summed E-state index contributed by atoms with van der Waals surface area (Å²) in [6.45, 7) is 3.75. The minimum absolute atomic E-state index is 0.0167. The molecule has 25 heavy (non-hydrogen) atoms. The second-order valence-electron chi connectivity index (χ2n) is 6.47. The Bertz CT molecular complexity index is 680. The Kier molecular flexibility index (Phi) is 6.53. The van der Waals surface area contributed by atoms with Crippen molar-refractivity contribution in [3.05, 3.63) is 51.7 Å². The molecule has 1 fully saturated rings. The molecule has 0 atom stereocenters. The molecule has 0 aliphatic carbocycles. The van der Waals surface area contributed by atoms with Gasteiger partial charge in [0.15, 0.2) is 0 Å². The zero-order valence-corrected chi connectivity index (χ0v) is 15.2. The minimum atomic E-state index is -0.239. The van der Waals surface area contributed by atoms with Gasteiger partial charge < -0.3 is 5.32 Å². The number of piperidine rings is 1. The van der Waals surface area contributed by atoms with E-state index in [9.17, 15) is 9.18 Å². The second-order valence-corrected chi connectivity index (χ2v) is 7.42. The average Bonchev–Trinajstić information content (AvgIpc) is 3.04. The maximum atomic E-state index is 12.9. The number of carbonyl (C=O) groups excluding carboxylic acids is 1. The highest BCUT2D eigenvalue weighted by molar-refractivity contribution is 7.09. The maximum absolute atomic E-state index is 12.9. The van der Waals surface area contributed by atoms with Crippen molar-refractivity contribution in [2.75, 3.05) is 19.6 Å². The molecule has 1 aliphatic rings. The van der Waals surface area contributed by atoms with Gasteiger partial charge in [0.05, 0.1) is 18.7 Å². The summed E-state index contributed by atoms with van der Waals surface area (Å²) in [6, 6.07) is 6.37. The number of amides is 1. The number of likely N-dealkylation sites (tertiary alicyclic amines) is 1. The van der Waals surface area contributed by atoms with E-state index in [1.807, 2.05) is 5.38 Å². The Labute approximate surface area is 152 Å². The van der Waals surface area contributed by atoms with Gasteiger partial charge in [-0.3, -0.25) is 9.69 Å². The van der Waals surface area contributed by atoms with Crippen LogP contribution in [-0.4, -0.2) is 35.4 Å². The van der Waals surface area contributed by atoms with Crippen LogP contribution in [0.2, 0.25) is 0 Å². The molecule has 6 heteroatoms. The number of thiazole rings is 1. The summed E-state index contributed by atoms with van der Waals surface area (Å²) in [4.78, 5) is 19.1. The number of rotatable bonds is 7. The van der Waals surface area contributed by atoms with Gasteiger partial charge in [0.1, 0.15) is 10.8 Å². The van der Waals surface area contributed by atoms with E-state index < -0.39 is 0 Å². The SMILES string of the molecule is O=C(Cc1csc(CN2CCCCC2)n1)NCCc1ccc(F)cc1. The quantitative estimate of drug-likeness (QED) is 0.824. The van der Waals surface area contributed by atoms with Crippen molar-refractivity contribution >= 4 is 17.2 Å². The largest absolute Gasteiger partial charge is 0.355 e. The van der Waals surface area contributed by atoms with Gasteiger partial charge in [-0.25, -0.2) is 9.37 Å². The number of hydrogen-bond acceptors (Lipinski definition) is 4. The molecule has 2 heterocycles. The number of halogens is 1. The molecule has 134 valence electrons. The molecule has 3 rings (SSSR count). The van der Waals surface area contributed by atoms with E-state index in [1.165, 1.54) is 31.4 Å². The Morgan fingerprint density at radius 1 is 1.20 bits per heavy atom. The van der Waals surface area contributed by atoms with Crippen molar-refractivity contribution in [2.45, 2.75) is 38.6 Å². The van der Waals surface area contributed by atoms with Gasteiger partial charge >= 0.3 is 0 Å². The lowest BCUT2D eigenvalue weighted by atomic mass is 10.1. The van der Waals surface area contributed by atoms with Crippen LogP contribution in [0.25, 0.3) is 0 Å². The Balaban J connectivity index is 1.39. The van der Waals surface area contributed by atoms with Crippen LogP contribution in [0.4, 0.5) is 4.39 Å². The third-order valence-corrected chi connectivity index (χ3v) is 5.28. The van der Waals surface area contributed by atoms with Crippen molar-refractivity contribution in [3.8, 4) is 0 Å². The smallest absolute Gasteiger partial charge is 0.226 e. The Morgan fingerprint density at radius 2 is 1.96 bits per heavy atom. The number of nitrogens with one attached hydrogen (secondary N) is 1. The molecule has 0 spiro atoms. The molecule has 1 amide bonds. The van der Waals surface area contributed by atoms with Crippen LogP contribution in [-0.2, 0) is 24.2 Å². The number of hydrogen-bond donors (Lipinski definition) is 1. The highest BCUT2D eigenvalue weighted by Gasteiger charge is 2.13. The van der Waals surface area contributed by atoms with E-state index in [4.69, 9.17) is 0 Å². The zero-order valence-electron chi connectivity index (χ0n) is 14.3. The third-order valence-electron chi connectivity index (χ3n) is 4.40. The van der Waals surface area contributed by atoms with Gasteiger partial charge in [-0.2, -0.15) is 0 Å². The monoisotopic (exact) mass is 361 g/mol. The lowest BCUT2D eigenvalue weighted by Gasteiger charge is -2.25. The van der Waals surface area contributed by atoms with Crippen LogP contribution in [0.5, 0.6) is 0 Å². The first kappa shape index (κ1) is 18.0. The van der Waals surface area contributed by atoms with E-state index >= 15 is 0 Å². The van der Waals surface area contributed by atoms with Crippen molar-refractivity contribution in [1.29, 1.82) is 0 Å². The first-order valence-corrected chi connectivity index (χ1v) is 9.74. The Hall–Kier alpha value is -1.79. The van der Waals surface area contributed by atoms with Crippen LogP contribution in [0.1, 0.15) is 35.5 Å². The molecule has 0 bridgehead atoms. The van der Waals surface area contributed by atoms with E-state index in [2.05, 4.69) is 15.2 Å². The summed E-state index contributed by atoms with van der Waals surface area (Å²) >= 11 is 1.64. The predicted octanol–water partition coefficient (Wildman–Crippen LogP) is 3.17. The second kappa shape index (κ2) is 9.06. The van der Waals surface area contributed by atoms with Gasteiger partial charge in [-0.1, -0.05) is 18.6 Å². The predicted molar refractivity (Wildman–Crippen MR) is 98.1 cm³/mol. The molecule has 4 nitrogen and oxygen atoms in total. The molecule has 1 aromatic carbocycles. The molecule has 0 unspecified atom stereocenters. The number of nitrogens with zero attached hydrogens (tertiary/aromatic N) is 2. The number of benzene rings is 1. The first-order valence-electron chi connectivity index (χ1n) is 8.86. The standard InChI is InChI=1S/C19H24FN3OS/c20-16-6-4-15(5-7-16)8-9-21-18(24)12-17-14-25-19(22-17)13-23-10-2-1-3-11-23/h4-7,14H,1-3,8-13H2,(H,21,24). The maximum Gasteiger partial charge on any atom is 0.226 e. The molecular formula is C19H24FN3OS. The molecule has 1 aliphatic heterocycles. The highest BCUT2D eigenvalue weighted by Crippen LogP contribution is 2.16. The van der Waals surface area contributed by atoms with E-state index in [1.54, 1.807) is 23.5 Å². The first-order chi connectivity index (χ1) is 12.2. The highest BCUT2D eigenvalue weighted by atomic mass is 32.1. The van der Waals surface area contributed by atoms with Crippen molar-refractivity contribution in [1.82, 2.24) is 15.2 Å². The average molecular weight is 361 g/mol.